The Morgan fingerprint density at radius 2 is 1.65 bits per heavy atom. The summed E-state index contributed by atoms with van der Waals surface area (Å²) in [5, 5.41) is 27.8. The Morgan fingerprint density at radius 1 is 1.00 bits per heavy atom. The van der Waals surface area contributed by atoms with E-state index in [1.54, 1.807) is 13.8 Å². The van der Waals surface area contributed by atoms with Crippen LogP contribution in [0.5, 0.6) is 5.75 Å². The second kappa shape index (κ2) is 9.59. The third-order valence-electron chi connectivity index (χ3n) is 7.68. The zero-order valence-electron chi connectivity index (χ0n) is 21.6. The van der Waals surface area contributed by atoms with Crippen LogP contribution in [0.2, 0.25) is 0 Å². The molecule has 40 heavy (non-hydrogen) atoms. The molecule has 13 heteroatoms. The van der Waals surface area contributed by atoms with Crippen molar-refractivity contribution in [3.05, 3.63) is 59.0 Å². The molecular weight excluding hydrogens is 547 g/mol. The van der Waals surface area contributed by atoms with Gasteiger partial charge in [-0.05, 0) is 69.4 Å². The average molecular weight is 576 g/mol. The summed E-state index contributed by atoms with van der Waals surface area (Å²) in [5.74, 6) is -1.35. The standard InChI is InChI=1S/C27H28F7N3O3/c1-14-9-25(39,15-3-5-16(6-4-15)26(29,30)31)10-17(35-14)13-40-19-7-20-22(21(8-19)27(32,33)34)37(36-23(20)28)18-11-24(2,38)12-18/h3-8,14,17-18,35,38-39H,9-13H2,1-2H3. The minimum Gasteiger partial charge on any atom is -0.492 e. The van der Waals surface area contributed by atoms with Crippen LogP contribution >= 0.6 is 0 Å². The van der Waals surface area contributed by atoms with Crippen molar-refractivity contribution < 1.29 is 45.7 Å². The van der Waals surface area contributed by atoms with Crippen molar-refractivity contribution in [3.8, 4) is 5.75 Å². The van der Waals surface area contributed by atoms with Crippen LogP contribution in [0.1, 0.15) is 62.3 Å². The number of benzene rings is 2. The molecule has 3 aromatic rings. The molecule has 1 aromatic heterocycles. The third kappa shape index (κ3) is 5.51. The molecule has 2 aliphatic rings. The van der Waals surface area contributed by atoms with E-state index < -0.39 is 58.2 Å². The van der Waals surface area contributed by atoms with Crippen molar-refractivity contribution in [3.63, 3.8) is 0 Å². The van der Waals surface area contributed by atoms with Crippen LogP contribution in [0.4, 0.5) is 30.7 Å². The summed E-state index contributed by atoms with van der Waals surface area (Å²) in [6.45, 7) is 3.11. The highest BCUT2D eigenvalue weighted by atomic mass is 19.4. The quantitative estimate of drug-likeness (QED) is 0.340. The van der Waals surface area contributed by atoms with Gasteiger partial charge in [0.1, 0.15) is 12.4 Å². The Balaban J connectivity index is 1.38. The second-order valence-corrected chi connectivity index (χ2v) is 11.2. The molecule has 3 N–H and O–H groups in total. The molecule has 2 aromatic carbocycles. The SMILES string of the molecule is CC1CC(O)(c2ccc(C(F)(F)F)cc2)CC(COc2cc(C(F)(F)F)c3c(c2)c(F)nn3C2CC(C)(O)C2)N1. The molecule has 1 saturated carbocycles. The molecule has 6 nitrogen and oxygen atoms in total. The lowest BCUT2D eigenvalue weighted by molar-refractivity contribution is -0.138. The van der Waals surface area contributed by atoms with Gasteiger partial charge in [0.05, 0.1) is 39.3 Å². The highest BCUT2D eigenvalue weighted by Crippen LogP contribution is 2.46. The summed E-state index contributed by atoms with van der Waals surface area (Å²) in [6, 6.07) is 4.64. The van der Waals surface area contributed by atoms with Crippen molar-refractivity contribution in [2.45, 2.75) is 81.2 Å². The van der Waals surface area contributed by atoms with Crippen molar-refractivity contribution >= 4 is 10.9 Å². The number of nitrogens with zero attached hydrogens (tertiary/aromatic N) is 2. The monoisotopic (exact) mass is 575 g/mol. The van der Waals surface area contributed by atoms with E-state index in [2.05, 4.69) is 10.4 Å². The lowest BCUT2D eigenvalue weighted by atomic mass is 9.77. The smallest absolute Gasteiger partial charge is 0.418 e. The van der Waals surface area contributed by atoms with E-state index in [1.165, 1.54) is 12.1 Å². The lowest BCUT2D eigenvalue weighted by Crippen LogP contribution is -2.53. The van der Waals surface area contributed by atoms with Crippen molar-refractivity contribution in [2.75, 3.05) is 6.61 Å². The predicted octanol–water partition coefficient (Wildman–Crippen LogP) is 5.71. The summed E-state index contributed by atoms with van der Waals surface area (Å²) in [6.07, 6.45) is -8.90. The van der Waals surface area contributed by atoms with Gasteiger partial charge in [0.15, 0.2) is 0 Å². The Kier molecular flexibility index (Phi) is 6.86. The van der Waals surface area contributed by atoms with E-state index in [4.69, 9.17) is 4.74 Å². The topological polar surface area (TPSA) is 79.5 Å². The Bertz CT molecular complexity index is 1390. The Labute approximate surface area is 224 Å². The Hall–Kier alpha value is -2.90. The number of hydrogen-bond acceptors (Lipinski definition) is 5. The van der Waals surface area contributed by atoms with Gasteiger partial charge in [-0.3, -0.25) is 4.68 Å². The van der Waals surface area contributed by atoms with Crippen LogP contribution in [0.3, 0.4) is 0 Å². The summed E-state index contributed by atoms with van der Waals surface area (Å²) in [7, 11) is 0. The molecule has 0 bridgehead atoms. The number of aliphatic hydroxyl groups is 2. The summed E-state index contributed by atoms with van der Waals surface area (Å²) < 4.78 is 103. The van der Waals surface area contributed by atoms with Gasteiger partial charge >= 0.3 is 12.4 Å². The van der Waals surface area contributed by atoms with Crippen LogP contribution in [0.15, 0.2) is 36.4 Å². The predicted molar refractivity (Wildman–Crippen MR) is 130 cm³/mol. The number of fused-ring (bicyclic) bond motifs is 1. The fraction of sp³-hybridized carbons (Fsp3) is 0.519. The molecule has 3 unspecified atom stereocenters. The van der Waals surface area contributed by atoms with Crippen LogP contribution in [-0.4, -0.2) is 44.3 Å². The number of piperidine rings is 1. The van der Waals surface area contributed by atoms with Crippen molar-refractivity contribution in [1.29, 1.82) is 0 Å². The van der Waals surface area contributed by atoms with Crippen LogP contribution in [-0.2, 0) is 18.0 Å². The molecule has 0 radical (unpaired) electrons. The van der Waals surface area contributed by atoms with Gasteiger partial charge in [0, 0.05) is 12.1 Å². The summed E-state index contributed by atoms with van der Waals surface area (Å²) >= 11 is 0. The number of ether oxygens (including phenoxy) is 1. The number of hydrogen-bond donors (Lipinski definition) is 3. The number of halogens is 7. The van der Waals surface area contributed by atoms with Gasteiger partial charge in [0.2, 0.25) is 5.95 Å². The van der Waals surface area contributed by atoms with Crippen LogP contribution in [0.25, 0.3) is 10.9 Å². The third-order valence-corrected chi connectivity index (χ3v) is 7.68. The van der Waals surface area contributed by atoms with Gasteiger partial charge in [-0.25, -0.2) is 0 Å². The van der Waals surface area contributed by atoms with Crippen molar-refractivity contribution in [2.24, 2.45) is 0 Å². The molecule has 1 aliphatic carbocycles. The zero-order chi connectivity index (χ0) is 29.3. The first-order chi connectivity index (χ1) is 18.5. The van der Waals surface area contributed by atoms with E-state index in [1.807, 2.05) is 0 Å². The fourth-order valence-electron chi connectivity index (χ4n) is 5.93. The second-order valence-electron chi connectivity index (χ2n) is 11.2. The molecule has 0 amide bonds. The molecule has 218 valence electrons. The first-order valence-electron chi connectivity index (χ1n) is 12.8. The van der Waals surface area contributed by atoms with E-state index in [-0.39, 0.29) is 55.0 Å². The van der Waals surface area contributed by atoms with Gasteiger partial charge < -0.3 is 20.3 Å². The van der Waals surface area contributed by atoms with E-state index in [0.717, 1.165) is 28.9 Å². The molecule has 3 atom stereocenters. The number of nitrogens with one attached hydrogen (secondary N) is 1. The Morgan fingerprint density at radius 3 is 2.23 bits per heavy atom. The number of rotatable bonds is 5. The molecule has 0 spiro atoms. The minimum atomic E-state index is -4.85. The maximum Gasteiger partial charge on any atom is 0.418 e. The van der Waals surface area contributed by atoms with Gasteiger partial charge in [-0.2, -0.15) is 30.7 Å². The van der Waals surface area contributed by atoms with E-state index in [9.17, 15) is 40.9 Å². The van der Waals surface area contributed by atoms with E-state index >= 15 is 0 Å². The maximum absolute atomic E-state index is 14.8. The number of alkyl halides is 6. The van der Waals surface area contributed by atoms with Crippen molar-refractivity contribution in [1.82, 2.24) is 15.1 Å². The van der Waals surface area contributed by atoms with Crippen LogP contribution in [0, 0.1) is 5.95 Å². The largest absolute Gasteiger partial charge is 0.492 e. The average Bonchev–Trinajstić information content (AvgIpc) is 3.15. The van der Waals surface area contributed by atoms with Gasteiger partial charge in [0.25, 0.3) is 0 Å². The summed E-state index contributed by atoms with van der Waals surface area (Å²) in [5.41, 5.74) is -4.69. The normalized spacial score (nSPS) is 29.4. The highest BCUT2D eigenvalue weighted by molar-refractivity contribution is 5.85. The zero-order valence-corrected chi connectivity index (χ0v) is 21.6. The minimum absolute atomic E-state index is 0.0188. The first-order valence-corrected chi connectivity index (χ1v) is 12.8. The van der Waals surface area contributed by atoms with Crippen LogP contribution < -0.4 is 10.1 Å². The fourth-order valence-corrected chi connectivity index (χ4v) is 5.93. The molecule has 5 rings (SSSR count). The molecule has 1 saturated heterocycles. The molecule has 2 fully saturated rings. The number of aromatic nitrogens is 2. The molecule has 2 heterocycles. The molecular formula is C27H28F7N3O3. The van der Waals surface area contributed by atoms with Gasteiger partial charge in [-0.1, -0.05) is 12.1 Å². The van der Waals surface area contributed by atoms with E-state index in [0.29, 0.717) is 0 Å². The first kappa shape index (κ1) is 28.6. The van der Waals surface area contributed by atoms with Gasteiger partial charge in [-0.15, -0.1) is 5.10 Å². The lowest BCUT2D eigenvalue weighted by Gasteiger charge is -2.41. The summed E-state index contributed by atoms with van der Waals surface area (Å²) in [4.78, 5) is 0. The maximum atomic E-state index is 14.8. The molecule has 1 aliphatic heterocycles. The highest BCUT2D eigenvalue weighted by Gasteiger charge is 2.44.